The van der Waals surface area contributed by atoms with E-state index in [9.17, 15) is 13.6 Å². The zero-order valence-electron chi connectivity index (χ0n) is 18.0. The van der Waals surface area contributed by atoms with Crippen molar-refractivity contribution in [3.63, 3.8) is 0 Å². The summed E-state index contributed by atoms with van der Waals surface area (Å²) in [6.45, 7) is 2.35. The molecule has 2 aromatic heterocycles. The minimum absolute atomic E-state index is 0.0120. The van der Waals surface area contributed by atoms with Gasteiger partial charge in [-0.15, -0.1) is 5.10 Å². The van der Waals surface area contributed by atoms with E-state index in [2.05, 4.69) is 25.4 Å². The molecule has 0 spiro atoms. The van der Waals surface area contributed by atoms with E-state index in [-0.39, 0.29) is 23.9 Å². The fourth-order valence-corrected chi connectivity index (χ4v) is 4.33. The molecule has 2 saturated heterocycles. The van der Waals surface area contributed by atoms with Crippen LogP contribution < -0.4 is 0 Å². The minimum Gasteiger partial charge on any atom is -0.370 e. The number of hydrogen-bond donors (Lipinski definition) is 0. The predicted octanol–water partition coefficient (Wildman–Crippen LogP) is 1.03. The van der Waals surface area contributed by atoms with Crippen LogP contribution in [0.2, 0.25) is 0 Å². The number of rotatable bonds is 4. The number of benzene rings is 1. The molecule has 0 aliphatic carbocycles. The number of tetrazole rings is 1. The molecule has 0 saturated carbocycles. The third-order valence-electron chi connectivity index (χ3n) is 6.18. The van der Waals surface area contributed by atoms with Crippen molar-refractivity contribution in [2.24, 2.45) is 0 Å². The van der Waals surface area contributed by atoms with E-state index in [0.29, 0.717) is 38.6 Å². The maximum absolute atomic E-state index is 14.6. The van der Waals surface area contributed by atoms with Crippen molar-refractivity contribution in [3.05, 3.63) is 65.1 Å². The zero-order chi connectivity index (χ0) is 23.7. The highest BCUT2D eigenvalue weighted by molar-refractivity contribution is 5.78. The number of amides is 1. The van der Waals surface area contributed by atoms with E-state index in [4.69, 9.17) is 10.00 Å². The van der Waals surface area contributed by atoms with Gasteiger partial charge < -0.3 is 9.64 Å². The lowest BCUT2D eigenvalue weighted by atomic mass is 10.0. The Morgan fingerprint density at radius 2 is 2.09 bits per heavy atom. The highest BCUT2D eigenvalue weighted by atomic mass is 19.1. The van der Waals surface area contributed by atoms with Gasteiger partial charge in [-0.05, 0) is 28.1 Å². The average molecular weight is 466 g/mol. The first-order chi connectivity index (χ1) is 16.5. The largest absolute Gasteiger partial charge is 0.370 e. The van der Waals surface area contributed by atoms with E-state index in [0.717, 1.165) is 11.6 Å². The molecule has 12 heteroatoms. The summed E-state index contributed by atoms with van der Waals surface area (Å²) in [4.78, 5) is 21.1. The summed E-state index contributed by atoms with van der Waals surface area (Å²) in [5.74, 6) is -1.21. The second-order valence-corrected chi connectivity index (χ2v) is 8.20. The number of aromatic nitrogens is 5. The number of piperazine rings is 1. The van der Waals surface area contributed by atoms with Crippen molar-refractivity contribution in [3.8, 4) is 11.9 Å². The summed E-state index contributed by atoms with van der Waals surface area (Å²) < 4.78 is 35.6. The van der Waals surface area contributed by atoms with Gasteiger partial charge in [0, 0.05) is 37.9 Å². The number of nitrogens with zero attached hydrogens (tertiary/aromatic N) is 8. The lowest BCUT2D eigenvalue weighted by Gasteiger charge is -2.46. The lowest BCUT2D eigenvalue weighted by Crippen LogP contribution is -2.59. The number of carbonyl (C=O) groups excluding carboxylic acids is 1. The van der Waals surface area contributed by atoms with Crippen molar-refractivity contribution in [1.29, 1.82) is 5.26 Å². The van der Waals surface area contributed by atoms with E-state index >= 15 is 0 Å². The van der Waals surface area contributed by atoms with Gasteiger partial charge in [-0.25, -0.2) is 13.8 Å². The average Bonchev–Trinajstić information content (AvgIpc) is 3.39. The first-order valence-electron chi connectivity index (χ1n) is 10.7. The molecule has 2 aliphatic heterocycles. The first kappa shape index (κ1) is 22.0. The highest BCUT2D eigenvalue weighted by Crippen LogP contribution is 2.30. The molecule has 1 aromatic carbocycles. The fourth-order valence-electron chi connectivity index (χ4n) is 4.33. The molecule has 34 heavy (non-hydrogen) atoms. The smallest absolute Gasteiger partial charge is 0.227 e. The number of hydrogen-bond acceptors (Lipinski definition) is 8. The Morgan fingerprint density at radius 1 is 1.21 bits per heavy atom. The van der Waals surface area contributed by atoms with Crippen LogP contribution in [0.5, 0.6) is 0 Å². The van der Waals surface area contributed by atoms with Crippen LogP contribution in [0.4, 0.5) is 8.78 Å². The number of pyridine rings is 1. The monoisotopic (exact) mass is 466 g/mol. The van der Waals surface area contributed by atoms with Gasteiger partial charge in [-0.3, -0.25) is 9.69 Å². The molecule has 1 amide bonds. The second-order valence-electron chi connectivity index (χ2n) is 8.20. The van der Waals surface area contributed by atoms with Gasteiger partial charge in [-0.1, -0.05) is 12.1 Å². The third kappa shape index (κ3) is 4.23. The van der Waals surface area contributed by atoms with E-state index in [1.165, 1.54) is 17.1 Å². The topological polar surface area (TPSA) is 113 Å². The number of carbonyl (C=O) groups is 1. The molecule has 174 valence electrons. The molecule has 5 rings (SSSR count). The van der Waals surface area contributed by atoms with Crippen molar-refractivity contribution in [2.75, 3.05) is 32.8 Å². The van der Waals surface area contributed by atoms with E-state index in [1.807, 2.05) is 6.07 Å². The second kappa shape index (κ2) is 9.20. The lowest BCUT2D eigenvalue weighted by molar-refractivity contribution is -0.139. The maximum atomic E-state index is 14.6. The van der Waals surface area contributed by atoms with Crippen LogP contribution in [-0.4, -0.2) is 79.7 Å². The Morgan fingerprint density at radius 3 is 2.82 bits per heavy atom. The first-order valence-corrected chi connectivity index (χ1v) is 10.7. The van der Waals surface area contributed by atoms with Gasteiger partial charge in [0.05, 0.1) is 25.2 Å². The molecule has 3 aromatic rings. The van der Waals surface area contributed by atoms with Crippen LogP contribution in [-0.2, 0) is 16.0 Å². The molecular formula is C22H20F2N8O2. The molecule has 0 radical (unpaired) electrons. The van der Waals surface area contributed by atoms with E-state index < -0.39 is 23.3 Å². The van der Waals surface area contributed by atoms with Crippen LogP contribution in [0.3, 0.4) is 0 Å². The summed E-state index contributed by atoms with van der Waals surface area (Å²) in [5, 5.41) is 19.9. The fraction of sp³-hybridized carbons (Fsp3) is 0.364. The molecule has 2 aliphatic rings. The highest BCUT2D eigenvalue weighted by Gasteiger charge is 2.36. The Kier molecular flexibility index (Phi) is 5.95. The Balaban J connectivity index is 1.19. The van der Waals surface area contributed by atoms with Crippen molar-refractivity contribution in [2.45, 2.75) is 18.6 Å². The van der Waals surface area contributed by atoms with Crippen LogP contribution in [0.25, 0.3) is 5.82 Å². The molecule has 2 atom stereocenters. The third-order valence-corrected chi connectivity index (χ3v) is 6.18. The van der Waals surface area contributed by atoms with Crippen LogP contribution in [0, 0.1) is 23.0 Å². The number of nitriles is 1. The Hall–Kier alpha value is -3.82. The van der Waals surface area contributed by atoms with Crippen LogP contribution >= 0.6 is 0 Å². The summed E-state index contributed by atoms with van der Waals surface area (Å²) in [5.41, 5.74) is 0.357. The number of fused-ring (bicyclic) bond motifs is 1. The van der Waals surface area contributed by atoms with Gasteiger partial charge in [-0.2, -0.15) is 9.94 Å². The van der Waals surface area contributed by atoms with Gasteiger partial charge in [0.2, 0.25) is 5.91 Å². The quantitative estimate of drug-likeness (QED) is 0.561. The molecule has 0 bridgehead atoms. The molecule has 0 unspecified atom stereocenters. The number of morpholine rings is 1. The molecule has 4 heterocycles. The van der Waals surface area contributed by atoms with Crippen molar-refractivity contribution < 1.29 is 18.3 Å². The summed E-state index contributed by atoms with van der Waals surface area (Å²) in [7, 11) is 0. The van der Waals surface area contributed by atoms with Gasteiger partial charge in [0.25, 0.3) is 0 Å². The van der Waals surface area contributed by atoms with Crippen LogP contribution in [0.15, 0.2) is 36.8 Å². The summed E-state index contributed by atoms with van der Waals surface area (Å²) >= 11 is 0. The minimum atomic E-state index is -0.884. The van der Waals surface area contributed by atoms with Crippen LogP contribution in [0.1, 0.15) is 22.8 Å². The Bertz CT molecular complexity index is 1230. The standard InChI is InChI=1S/C22H20F2N8O2/c23-18-3-2-16(22(24)17(18)8-25)19-11-30-5-6-31(10-15(30)12-34-19)21(33)7-14-1-4-20(26-9-14)32-13-27-28-29-32/h1-4,9,13,15,19H,5-7,10-12H2/t15-,19+/m0/s1. The summed E-state index contributed by atoms with van der Waals surface area (Å²) in [6.07, 6.45) is 2.69. The van der Waals surface area contributed by atoms with Gasteiger partial charge in [0.15, 0.2) is 5.82 Å². The zero-order valence-corrected chi connectivity index (χ0v) is 18.0. The SMILES string of the molecule is N#Cc1c(F)ccc([C@H]2CN3CCN(C(=O)Cc4ccc(-n5cnnn5)nc4)C[C@H]3CO2)c1F. The molecule has 2 fully saturated rings. The van der Waals surface area contributed by atoms with Gasteiger partial charge >= 0.3 is 0 Å². The van der Waals surface area contributed by atoms with Crippen molar-refractivity contribution >= 4 is 5.91 Å². The summed E-state index contributed by atoms with van der Waals surface area (Å²) in [6, 6.07) is 7.54. The van der Waals surface area contributed by atoms with Crippen molar-refractivity contribution in [1.82, 2.24) is 35.0 Å². The maximum Gasteiger partial charge on any atom is 0.227 e. The van der Waals surface area contributed by atoms with Gasteiger partial charge in [0.1, 0.15) is 29.6 Å². The molecule has 10 nitrogen and oxygen atoms in total. The molecular weight excluding hydrogens is 446 g/mol. The number of halogens is 2. The normalized spacial score (nSPS) is 20.6. The van der Waals surface area contributed by atoms with E-state index in [1.54, 1.807) is 23.2 Å². The molecule has 0 N–H and O–H groups in total. The Labute approximate surface area is 193 Å². The number of ether oxygens (including phenoxy) is 1. The predicted molar refractivity (Wildman–Crippen MR) is 112 cm³/mol.